The van der Waals surface area contributed by atoms with Gasteiger partial charge in [0.1, 0.15) is 5.82 Å². The number of hydrogen-bond donors (Lipinski definition) is 2. The van der Waals surface area contributed by atoms with Crippen molar-refractivity contribution in [3.8, 4) is 0 Å². The van der Waals surface area contributed by atoms with Gasteiger partial charge in [-0.25, -0.2) is 4.98 Å². The fraction of sp³-hybridized carbons (Fsp3) is 0.750. The van der Waals surface area contributed by atoms with E-state index in [0.717, 1.165) is 12.4 Å². The lowest BCUT2D eigenvalue weighted by molar-refractivity contribution is 0.287. The highest BCUT2D eigenvalue weighted by atomic mass is 15.0. The van der Waals surface area contributed by atoms with E-state index >= 15 is 0 Å². The lowest BCUT2D eigenvalue weighted by Gasteiger charge is -2.31. The molecule has 2 N–H and O–H groups in total. The molecule has 0 aliphatic rings. The molecule has 0 saturated carbocycles. The maximum atomic E-state index is 4.20. The van der Waals surface area contributed by atoms with Gasteiger partial charge < -0.3 is 10.3 Å². The number of aryl methyl sites for hydroxylation is 1. The van der Waals surface area contributed by atoms with Crippen molar-refractivity contribution in [2.24, 2.45) is 0 Å². The van der Waals surface area contributed by atoms with E-state index in [1.54, 1.807) is 0 Å². The second-order valence-corrected chi connectivity index (χ2v) is 4.19. The topological polar surface area (TPSA) is 40.7 Å². The standard InChI is InChI=1S/C12H23N3/c1-5-12(6-2,7-3)14-9-11-8-13-10(4)15-11/h8,14H,5-7,9H2,1-4H3,(H,13,15). The van der Waals surface area contributed by atoms with Gasteiger partial charge in [0.2, 0.25) is 0 Å². The van der Waals surface area contributed by atoms with Gasteiger partial charge in [0.25, 0.3) is 0 Å². The average Bonchev–Trinajstić information content (AvgIpc) is 2.67. The molecule has 0 amide bonds. The third kappa shape index (κ3) is 3.06. The van der Waals surface area contributed by atoms with Gasteiger partial charge in [0, 0.05) is 24.0 Å². The largest absolute Gasteiger partial charge is 0.345 e. The van der Waals surface area contributed by atoms with Gasteiger partial charge in [-0.2, -0.15) is 0 Å². The Bertz CT molecular complexity index is 279. The summed E-state index contributed by atoms with van der Waals surface area (Å²) < 4.78 is 0. The fourth-order valence-corrected chi connectivity index (χ4v) is 1.97. The van der Waals surface area contributed by atoms with E-state index in [-0.39, 0.29) is 0 Å². The molecule has 0 fully saturated rings. The van der Waals surface area contributed by atoms with Crippen LogP contribution in [0.15, 0.2) is 6.20 Å². The summed E-state index contributed by atoms with van der Waals surface area (Å²) in [5.74, 6) is 0.988. The Morgan fingerprint density at radius 2 is 1.87 bits per heavy atom. The van der Waals surface area contributed by atoms with E-state index in [2.05, 4.69) is 36.1 Å². The zero-order valence-electron chi connectivity index (χ0n) is 10.4. The fourth-order valence-electron chi connectivity index (χ4n) is 1.97. The summed E-state index contributed by atoms with van der Waals surface area (Å²) in [6, 6.07) is 0. The molecule has 0 aromatic carbocycles. The maximum absolute atomic E-state index is 4.20. The van der Waals surface area contributed by atoms with E-state index in [4.69, 9.17) is 0 Å². The molecule has 1 aromatic rings. The molecule has 3 nitrogen and oxygen atoms in total. The SMILES string of the molecule is CCC(CC)(CC)NCc1cnc(C)[nH]1. The van der Waals surface area contributed by atoms with Crippen LogP contribution in [0.3, 0.4) is 0 Å². The first-order valence-corrected chi connectivity index (χ1v) is 5.91. The van der Waals surface area contributed by atoms with E-state index in [1.165, 1.54) is 25.0 Å². The van der Waals surface area contributed by atoms with Crippen molar-refractivity contribution in [1.82, 2.24) is 15.3 Å². The molecule has 1 heterocycles. The predicted octanol–water partition coefficient (Wildman–Crippen LogP) is 2.78. The van der Waals surface area contributed by atoms with E-state index < -0.39 is 0 Å². The molecule has 0 aliphatic heterocycles. The quantitative estimate of drug-likeness (QED) is 0.756. The van der Waals surface area contributed by atoms with Crippen molar-refractivity contribution in [1.29, 1.82) is 0 Å². The Balaban J connectivity index is 2.54. The van der Waals surface area contributed by atoms with Crippen LogP contribution < -0.4 is 5.32 Å². The zero-order chi connectivity index (χ0) is 11.3. The van der Waals surface area contributed by atoms with Crippen LogP contribution in [0.25, 0.3) is 0 Å². The predicted molar refractivity (Wildman–Crippen MR) is 63.8 cm³/mol. The second-order valence-electron chi connectivity index (χ2n) is 4.19. The summed E-state index contributed by atoms with van der Waals surface area (Å²) in [6.07, 6.45) is 5.43. The summed E-state index contributed by atoms with van der Waals surface area (Å²) in [4.78, 5) is 7.45. The van der Waals surface area contributed by atoms with Crippen LogP contribution in [-0.4, -0.2) is 15.5 Å². The van der Waals surface area contributed by atoms with Crippen LogP contribution in [0.2, 0.25) is 0 Å². The maximum Gasteiger partial charge on any atom is 0.103 e. The van der Waals surface area contributed by atoms with Crippen LogP contribution in [0.4, 0.5) is 0 Å². The minimum Gasteiger partial charge on any atom is -0.345 e. The Morgan fingerprint density at radius 1 is 1.27 bits per heavy atom. The molecule has 0 aliphatic carbocycles. The summed E-state index contributed by atoms with van der Waals surface area (Å²) in [5, 5.41) is 3.64. The minimum absolute atomic E-state index is 0.291. The van der Waals surface area contributed by atoms with Crippen LogP contribution in [0, 0.1) is 6.92 Å². The van der Waals surface area contributed by atoms with Crippen molar-refractivity contribution < 1.29 is 0 Å². The van der Waals surface area contributed by atoms with Gasteiger partial charge in [-0.3, -0.25) is 0 Å². The molecule has 0 saturated heterocycles. The minimum atomic E-state index is 0.291. The molecule has 1 rings (SSSR count). The molecular formula is C12H23N3. The number of imidazole rings is 1. The highest BCUT2D eigenvalue weighted by molar-refractivity contribution is 5.00. The Kier molecular flexibility index (Phi) is 4.33. The van der Waals surface area contributed by atoms with Gasteiger partial charge >= 0.3 is 0 Å². The number of hydrogen-bond acceptors (Lipinski definition) is 2. The lowest BCUT2D eigenvalue weighted by Crippen LogP contribution is -2.43. The van der Waals surface area contributed by atoms with Gasteiger partial charge in [0.15, 0.2) is 0 Å². The smallest absolute Gasteiger partial charge is 0.103 e. The number of aromatic amines is 1. The monoisotopic (exact) mass is 209 g/mol. The van der Waals surface area contributed by atoms with Crippen molar-refractivity contribution in [3.05, 3.63) is 17.7 Å². The first-order chi connectivity index (χ1) is 7.15. The normalized spacial score (nSPS) is 12.0. The van der Waals surface area contributed by atoms with Crippen LogP contribution in [-0.2, 0) is 6.54 Å². The summed E-state index contributed by atoms with van der Waals surface area (Å²) in [5.41, 5.74) is 1.46. The summed E-state index contributed by atoms with van der Waals surface area (Å²) in [7, 11) is 0. The molecule has 0 atom stereocenters. The van der Waals surface area contributed by atoms with E-state index in [1.807, 2.05) is 13.1 Å². The first-order valence-electron chi connectivity index (χ1n) is 5.91. The molecule has 0 radical (unpaired) electrons. The van der Waals surface area contributed by atoms with Crippen molar-refractivity contribution in [2.45, 2.75) is 59.0 Å². The van der Waals surface area contributed by atoms with E-state index in [9.17, 15) is 0 Å². The van der Waals surface area contributed by atoms with Crippen molar-refractivity contribution >= 4 is 0 Å². The molecule has 0 bridgehead atoms. The van der Waals surface area contributed by atoms with Crippen LogP contribution in [0.1, 0.15) is 51.6 Å². The first kappa shape index (κ1) is 12.2. The molecule has 15 heavy (non-hydrogen) atoms. The van der Waals surface area contributed by atoms with Gasteiger partial charge in [0.05, 0.1) is 0 Å². The van der Waals surface area contributed by atoms with Gasteiger partial charge in [-0.05, 0) is 26.2 Å². The number of nitrogens with one attached hydrogen (secondary N) is 2. The van der Waals surface area contributed by atoms with E-state index in [0.29, 0.717) is 5.54 Å². The zero-order valence-corrected chi connectivity index (χ0v) is 10.4. The van der Waals surface area contributed by atoms with Crippen LogP contribution >= 0.6 is 0 Å². The molecule has 86 valence electrons. The lowest BCUT2D eigenvalue weighted by atomic mass is 9.90. The third-order valence-corrected chi connectivity index (χ3v) is 3.44. The van der Waals surface area contributed by atoms with Gasteiger partial charge in [-0.15, -0.1) is 0 Å². The molecule has 0 spiro atoms. The number of nitrogens with zero attached hydrogens (tertiary/aromatic N) is 1. The van der Waals surface area contributed by atoms with Crippen molar-refractivity contribution in [3.63, 3.8) is 0 Å². The van der Waals surface area contributed by atoms with Gasteiger partial charge in [-0.1, -0.05) is 20.8 Å². The average molecular weight is 209 g/mol. The molecular weight excluding hydrogens is 186 g/mol. The van der Waals surface area contributed by atoms with Crippen LogP contribution in [0.5, 0.6) is 0 Å². The Hall–Kier alpha value is -0.830. The Labute approximate surface area is 92.7 Å². The molecule has 3 heteroatoms. The number of aromatic nitrogens is 2. The van der Waals surface area contributed by atoms with Crippen molar-refractivity contribution in [2.75, 3.05) is 0 Å². The highest BCUT2D eigenvalue weighted by Gasteiger charge is 2.22. The number of H-pyrrole nitrogens is 1. The molecule has 0 unspecified atom stereocenters. The highest BCUT2D eigenvalue weighted by Crippen LogP contribution is 2.19. The Morgan fingerprint density at radius 3 is 2.27 bits per heavy atom. The third-order valence-electron chi connectivity index (χ3n) is 3.44. The second kappa shape index (κ2) is 5.31. The summed E-state index contributed by atoms with van der Waals surface area (Å²) >= 11 is 0. The molecule has 1 aromatic heterocycles. The number of rotatable bonds is 6. The summed E-state index contributed by atoms with van der Waals surface area (Å²) in [6.45, 7) is 9.61.